The van der Waals surface area contributed by atoms with Gasteiger partial charge in [-0.3, -0.25) is 4.99 Å². The molecule has 168 valence electrons. The van der Waals surface area contributed by atoms with Gasteiger partial charge in [-0.2, -0.15) is 0 Å². The molecule has 0 radical (unpaired) electrons. The predicted molar refractivity (Wildman–Crippen MR) is 132 cm³/mol. The first-order valence-corrected chi connectivity index (χ1v) is 11.4. The van der Waals surface area contributed by atoms with Crippen LogP contribution in [0.25, 0.3) is 21.9 Å². The second kappa shape index (κ2) is 9.07. The second-order valence-corrected chi connectivity index (χ2v) is 8.67. The van der Waals surface area contributed by atoms with Crippen molar-refractivity contribution in [2.45, 2.75) is 44.2 Å². The molecular weight excluding hydrogens is 412 g/mol. The maximum Gasteiger partial charge on any atom is 0.176 e. The molecule has 1 fully saturated rings. The van der Waals surface area contributed by atoms with Crippen molar-refractivity contribution in [2.24, 2.45) is 15.8 Å². The number of aliphatic imine (C=N–C) groups is 1. The zero-order valence-electron chi connectivity index (χ0n) is 18.7. The molecule has 0 saturated heterocycles. The molecule has 2 heterocycles. The Bertz CT molecular complexity index is 1320. The van der Waals surface area contributed by atoms with Crippen LogP contribution in [-0.2, 0) is 6.42 Å². The van der Waals surface area contributed by atoms with Crippen molar-refractivity contribution in [3.05, 3.63) is 65.5 Å². The first kappa shape index (κ1) is 21.2. The molecule has 0 unspecified atom stereocenters. The number of H-pyrrole nitrogens is 1. The Hall–Kier alpha value is -3.65. The molecule has 2 aromatic heterocycles. The van der Waals surface area contributed by atoms with Crippen LogP contribution >= 0.6 is 0 Å². The number of aromatic nitrogens is 3. The number of nitrogens with two attached hydrogens (primary N) is 1. The Labute approximate surface area is 192 Å². The van der Waals surface area contributed by atoms with E-state index in [-0.39, 0.29) is 0 Å². The monoisotopic (exact) mass is 440 g/mol. The van der Waals surface area contributed by atoms with E-state index in [1.54, 1.807) is 7.05 Å². The summed E-state index contributed by atoms with van der Waals surface area (Å²) in [6, 6.07) is 16.9. The van der Waals surface area contributed by atoms with Crippen LogP contribution in [-0.4, -0.2) is 39.9 Å². The maximum absolute atomic E-state index is 7.38. The van der Waals surface area contributed by atoms with Crippen LogP contribution in [0.5, 0.6) is 0 Å². The van der Waals surface area contributed by atoms with Crippen molar-refractivity contribution >= 4 is 33.6 Å². The molecule has 1 aliphatic rings. The van der Waals surface area contributed by atoms with Crippen LogP contribution < -0.4 is 11.1 Å². The van der Waals surface area contributed by atoms with Crippen LogP contribution in [0.15, 0.2) is 58.6 Å². The van der Waals surface area contributed by atoms with Crippen molar-refractivity contribution < 1.29 is 0 Å². The lowest BCUT2D eigenvalue weighted by Crippen LogP contribution is -2.33. The van der Waals surface area contributed by atoms with Gasteiger partial charge >= 0.3 is 0 Å². The van der Waals surface area contributed by atoms with E-state index < -0.39 is 0 Å². The van der Waals surface area contributed by atoms with E-state index in [0.29, 0.717) is 24.3 Å². The summed E-state index contributed by atoms with van der Waals surface area (Å²) in [5, 5.41) is 9.27. The van der Waals surface area contributed by atoms with Crippen molar-refractivity contribution in [3.63, 3.8) is 0 Å². The minimum atomic E-state index is 0.297. The number of rotatable bonds is 5. The van der Waals surface area contributed by atoms with Gasteiger partial charge in [-0.05, 0) is 37.3 Å². The van der Waals surface area contributed by atoms with Crippen LogP contribution in [0.4, 0.5) is 5.82 Å². The first-order valence-electron chi connectivity index (χ1n) is 11.4. The summed E-state index contributed by atoms with van der Waals surface area (Å²) in [6.07, 6.45) is 4.78. The summed E-state index contributed by atoms with van der Waals surface area (Å²) < 4.78 is 0. The van der Waals surface area contributed by atoms with Gasteiger partial charge in [-0.25, -0.2) is 15.5 Å². The average molecular weight is 441 g/mol. The normalized spacial score (nSPS) is 19.2. The zero-order valence-corrected chi connectivity index (χ0v) is 18.7. The molecule has 1 aliphatic carbocycles. The molecule has 5 rings (SSSR count). The number of nitrogens with zero attached hydrogens (tertiary/aromatic N) is 4. The number of anilines is 1. The van der Waals surface area contributed by atoms with Gasteiger partial charge in [0.15, 0.2) is 5.84 Å². The van der Waals surface area contributed by atoms with Crippen molar-refractivity contribution in [2.75, 3.05) is 12.4 Å². The number of hydrogen-bond acceptors (Lipinski definition) is 6. The zero-order chi connectivity index (χ0) is 22.8. The highest BCUT2D eigenvalue weighted by atomic mass is 15.1. The van der Waals surface area contributed by atoms with E-state index in [9.17, 15) is 0 Å². The van der Waals surface area contributed by atoms with Crippen molar-refractivity contribution in [3.8, 4) is 0 Å². The molecule has 5 N–H and O–H groups in total. The SMILES string of the molecule is CN=C(N=N)c1ccc2c(c1)[nH]c1nc(Cc3ccccc3)nc(NC3CCC(N)CC3)c12. The summed E-state index contributed by atoms with van der Waals surface area (Å²) >= 11 is 0. The van der Waals surface area contributed by atoms with E-state index in [4.69, 9.17) is 21.2 Å². The molecule has 33 heavy (non-hydrogen) atoms. The minimum Gasteiger partial charge on any atom is -0.367 e. The van der Waals surface area contributed by atoms with Gasteiger partial charge in [0.05, 0.1) is 5.39 Å². The standard InChI is InChI=1S/C25H28N8/c1-28-23(33-27)16-7-12-19-20(14-16)30-25-22(19)24(29-18-10-8-17(26)9-11-18)31-21(32-25)13-15-5-3-2-4-6-15/h2-7,12,14,17-18,27H,8-11,13,26H2,1H3,(H2,29,30,31,32). The Balaban J connectivity index is 1.61. The van der Waals surface area contributed by atoms with E-state index in [0.717, 1.165) is 64.8 Å². The molecule has 8 nitrogen and oxygen atoms in total. The Morgan fingerprint density at radius 3 is 2.64 bits per heavy atom. The number of fused-ring (bicyclic) bond motifs is 3. The third-order valence-electron chi connectivity index (χ3n) is 6.39. The van der Waals surface area contributed by atoms with Crippen LogP contribution in [0.3, 0.4) is 0 Å². The Morgan fingerprint density at radius 1 is 1.12 bits per heavy atom. The molecule has 4 aromatic rings. The molecule has 0 aliphatic heterocycles. The first-order chi connectivity index (χ1) is 16.1. The van der Waals surface area contributed by atoms with Crippen molar-refractivity contribution in [1.82, 2.24) is 15.0 Å². The fourth-order valence-electron chi connectivity index (χ4n) is 4.65. The number of benzene rings is 2. The summed E-state index contributed by atoms with van der Waals surface area (Å²) in [6.45, 7) is 0. The van der Waals surface area contributed by atoms with Crippen LogP contribution in [0.2, 0.25) is 0 Å². The quantitative estimate of drug-likeness (QED) is 0.202. The van der Waals surface area contributed by atoms with E-state index in [1.807, 2.05) is 36.4 Å². The number of amidine groups is 1. The van der Waals surface area contributed by atoms with Crippen LogP contribution in [0.1, 0.15) is 42.6 Å². The molecule has 2 aromatic carbocycles. The highest BCUT2D eigenvalue weighted by molar-refractivity contribution is 6.13. The highest BCUT2D eigenvalue weighted by Crippen LogP contribution is 2.32. The van der Waals surface area contributed by atoms with Gasteiger partial charge in [-0.15, -0.1) is 5.11 Å². The molecule has 0 bridgehead atoms. The maximum atomic E-state index is 7.38. The average Bonchev–Trinajstić information content (AvgIpc) is 3.20. The summed E-state index contributed by atoms with van der Waals surface area (Å²) in [5.74, 6) is 2.02. The van der Waals surface area contributed by atoms with Gasteiger partial charge in [0, 0.05) is 42.0 Å². The third-order valence-corrected chi connectivity index (χ3v) is 6.39. The van der Waals surface area contributed by atoms with E-state index >= 15 is 0 Å². The van der Waals surface area contributed by atoms with Crippen molar-refractivity contribution in [1.29, 1.82) is 5.53 Å². The lowest BCUT2D eigenvalue weighted by atomic mass is 9.92. The summed E-state index contributed by atoms with van der Waals surface area (Å²) in [7, 11) is 1.64. The molecular formula is C25H28N8. The van der Waals surface area contributed by atoms with Gasteiger partial charge in [0.2, 0.25) is 0 Å². The lowest BCUT2D eigenvalue weighted by Gasteiger charge is -2.27. The third kappa shape index (κ3) is 4.34. The van der Waals surface area contributed by atoms with E-state index in [1.165, 1.54) is 5.56 Å². The minimum absolute atomic E-state index is 0.297. The van der Waals surface area contributed by atoms with Crippen LogP contribution in [0, 0.1) is 5.53 Å². The van der Waals surface area contributed by atoms with Gasteiger partial charge in [0.25, 0.3) is 0 Å². The Kier molecular flexibility index (Phi) is 5.83. The largest absolute Gasteiger partial charge is 0.367 e. The molecule has 0 spiro atoms. The summed E-state index contributed by atoms with van der Waals surface area (Å²) in [4.78, 5) is 17.4. The fourth-order valence-corrected chi connectivity index (χ4v) is 4.65. The highest BCUT2D eigenvalue weighted by Gasteiger charge is 2.22. The van der Waals surface area contributed by atoms with E-state index in [2.05, 4.69) is 32.5 Å². The fraction of sp³-hybridized carbons (Fsp3) is 0.320. The Morgan fingerprint density at radius 2 is 1.91 bits per heavy atom. The molecule has 1 saturated carbocycles. The predicted octanol–water partition coefficient (Wildman–Crippen LogP) is 4.79. The van der Waals surface area contributed by atoms with Gasteiger partial charge < -0.3 is 16.0 Å². The number of nitrogens with one attached hydrogen (secondary N) is 3. The lowest BCUT2D eigenvalue weighted by molar-refractivity contribution is 0.410. The molecule has 0 atom stereocenters. The molecule has 0 amide bonds. The topological polar surface area (TPSA) is 128 Å². The number of aromatic amines is 1. The number of hydrogen-bond donors (Lipinski definition) is 4. The second-order valence-electron chi connectivity index (χ2n) is 8.67. The molecule has 8 heteroatoms. The smallest absolute Gasteiger partial charge is 0.176 e. The van der Waals surface area contributed by atoms with Gasteiger partial charge in [0.1, 0.15) is 17.3 Å². The summed E-state index contributed by atoms with van der Waals surface area (Å²) in [5.41, 5.74) is 17.2. The van der Waals surface area contributed by atoms with Gasteiger partial charge in [-0.1, -0.05) is 42.5 Å².